The Labute approximate surface area is 199 Å². The Morgan fingerprint density at radius 1 is 1.14 bits per heavy atom. The van der Waals surface area contributed by atoms with Crippen LogP contribution >= 0.6 is 0 Å². The van der Waals surface area contributed by atoms with Crippen molar-refractivity contribution in [3.8, 4) is 23.0 Å². The predicted octanol–water partition coefficient (Wildman–Crippen LogP) is 3.01. The summed E-state index contributed by atoms with van der Waals surface area (Å²) >= 11 is 0. The lowest BCUT2D eigenvalue weighted by Crippen LogP contribution is -2.24. The second kappa shape index (κ2) is 9.13. The molecule has 1 unspecified atom stereocenters. The minimum atomic E-state index is -0.733. The molecule has 1 aromatic heterocycles. The molecule has 3 aromatic rings. The number of carbonyl (C=O) groups is 3. The third-order valence-electron chi connectivity index (χ3n) is 5.80. The Morgan fingerprint density at radius 2 is 1.89 bits per heavy atom. The number of fused-ring (bicyclic) bond motifs is 3. The van der Waals surface area contributed by atoms with Gasteiger partial charge in [0.2, 0.25) is 0 Å². The van der Waals surface area contributed by atoms with Crippen LogP contribution < -0.4 is 19.8 Å². The highest BCUT2D eigenvalue weighted by Gasteiger charge is 2.37. The summed E-state index contributed by atoms with van der Waals surface area (Å²) in [7, 11) is 2.66. The number of aromatic hydroxyl groups is 1. The molecule has 1 atom stereocenters. The number of phenolic OH excluding ortho intramolecular Hbond substituents is 1. The summed E-state index contributed by atoms with van der Waals surface area (Å²) in [5.41, 5.74) is 0.365. The lowest BCUT2D eigenvalue weighted by atomic mass is 9.82. The predicted molar refractivity (Wildman–Crippen MR) is 121 cm³/mol. The van der Waals surface area contributed by atoms with Crippen LogP contribution in [0.15, 0.2) is 33.5 Å². The van der Waals surface area contributed by atoms with E-state index < -0.39 is 35.0 Å². The van der Waals surface area contributed by atoms with Gasteiger partial charge in [-0.15, -0.1) is 0 Å². The largest absolute Gasteiger partial charge is 0.506 e. The van der Waals surface area contributed by atoms with Crippen LogP contribution in [-0.2, 0) is 14.3 Å². The molecule has 0 fully saturated rings. The normalized spacial score (nSPS) is 14.7. The average molecular weight is 482 g/mol. The van der Waals surface area contributed by atoms with E-state index in [2.05, 4.69) is 4.74 Å². The minimum absolute atomic E-state index is 0.0119. The number of rotatable bonds is 6. The zero-order valence-electron chi connectivity index (χ0n) is 19.4. The van der Waals surface area contributed by atoms with E-state index in [1.165, 1.54) is 27.2 Å². The number of hydrogen-bond acceptors (Lipinski definition) is 10. The van der Waals surface area contributed by atoms with E-state index in [1.54, 1.807) is 25.1 Å². The van der Waals surface area contributed by atoms with Crippen molar-refractivity contribution in [1.29, 1.82) is 0 Å². The van der Waals surface area contributed by atoms with E-state index >= 15 is 0 Å². The summed E-state index contributed by atoms with van der Waals surface area (Å²) < 4.78 is 26.4. The third-order valence-corrected chi connectivity index (χ3v) is 5.80. The number of hydrogen-bond donors (Lipinski definition) is 1. The fourth-order valence-electron chi connectivity index (χ4n) is 4.24. The molecule has 1 N–H and O–H groups in total. The molecule has 0 amide bonds. The summed E-state index contributed by atoms with van der Waals surface area (Å²) in [6.07, 6.45) is -0.148. The van der Waals surface area contributed by atoms with Gasteiger partial charge < -0.3 is 28.5 Å². The van der Waals surface area contributed by atoms with E-state index in [4.69, 9.17) is 18.6 Å². The first-order valence-corrected chi connectivity index (χ1v) is 10.6. The molecule has 182 valence electrons. The molecule has 0 aliphatic carbocycles. The Bertz CT molecular complexity index is 1430. The van der Waals surface area contributed by atoms with Crippen molar-refractivity contribution in [3.05, 3.63) is 56.9 Å². The molecule has 1 aliphatic rings. The Kier molecular flexibility index (Phi) is 6.21. The monoisotopic (exact) mass is 482 g/mol. The van der Waals surface area contributed by atoms with Gasteiger partial charge in [0.15, 0.2) is 29.6 Å². The van der Waals surface area contributed by atoms with Crippen LogP contribution in [-0.4, -0.2) is 43.7 Å². The zero-order chi connectivity index (χ0) is 25.4. The first-order valence-electron chi connectivity index (χ1n) is 10.6. The van der Waals surface area contributed by atoms with Gasteiger partial charge in [-0.3, -0.25) is 9.59 Å². The number of benzene rings is 2. The van der Waals surface area contributed by atoms with Gasteiger partial charge in [0.25, 0.3) is 0 Å². The van der Waals surface area contributed by atoms with Crippen LogP contribution in [0.25, 0.3) is 11.0 Å². The molecule has 35 heavy (non-hydrogen) atoms. The Morgan fingerprint density at radius 3 is 2.54 bits per heavy atom. The maximum Gasteiger partial charge on any atom is 0.343 e. The van der Waals surface area contributed by atoms with Gasteiger partial charge in [-0.25, -0.2) is 9.59 Å². The Balaban J connectivity index is 2.00. The topological polar surface area (TPSA) is 139 Å². The van der Waals surface area contributed by atoms with E-state index in [1.807, 2.05) is 0 Å². The van der Waals surface area contributed by atoms with Crippen LogP contribution in [0.2, 0.25) is 0 Å². The molecule has 4 rings (SSSR count). The van der Waals surface area contributed by atoms with Gasteiger partial charge in [-0.05, 0) is 37.1 Å². The first kappa shape index (κ1) is 23.8. The van der Waals surface area contributed by atoms with Crippen LogP contribution in [0, 0.1) is 6.92 Å². The number of aryl methyl sites for hydroxylation is 1. The van der Waals surface area contributed by atoms with E-state index in [-0.39, 0.29) is 46.6 Å². The van der Waals surface area contributed by atoms with Crippen molar-refractivity contribution in [2.75, 3.05) is 20.8 Å². The number of methoxy groups -OCH3 is 2. The zero-order valence-corrected chi connectivity index (χ0v) is 19.4. The first-order chi connectivity index (χ1) is 16.7. The second-order valence-corrected chi connectivity index (χ2v) is 7.98. The van der Waals surface area contributed by atoms with Gasteiger partial charge in [-0.2, -0.15) is 0 Å². The molecule has 2 aromatic carbocycles. The fourth-order valence-corrected chi connectivity index (χ4v) is 4.24. The van der Waals surface area contributed by atoms with Crippen molar-refractivity contribution < 1.29 is 42.9 Å². The number of ketones is 1. The SMILES string of the molecule is COC(=O)COc1cc(C2CC(=O)Oc3c(C(C)=O)c(O)c4c(C)cc(=O)oc4c32)ccc1OC. The van der Waals surface area contributed by atoms with E-state index in [0.29, 0.717) is 16.9 Å². The lowest BCUT2D eigenvalue weighted by molar-refractivity contribution is -0.143. The van der Waals surface area contributed by atoms with E-state index in [9.17, 15) is 24.3 Å². The molecule has 0 spiro atoms. The smallest absolute Gasteiger partial charge is 0.343 e. The summed E-state index contributed by atoms with van der Waals surface area (Å²) in [5, 5.41) is 11.1. The number of esters is 2. The van der Waals surface area contributed by atoms with Crippen molar-refractivity contribution in [2.45, 2.75) is 26.2 Å². The number of ether oxygens (including phenoxy) is 4. The molecule has 1 aliphatic heterocycles. The molecule has 0 radical (unpaired) electrons. The van der Waals surface area contributed by atoms with Gasteiger partial charge in [0, 0.05) is 17.5 Å². The quantitative estimate of drug-likeness (QED) is 0.241. The molecule has 2 heterocycles. The van der Waals surface area contributed by atoms with Gasteiger partial charge in [0.05, 0.1) is 26.0 Å². The maximum absolute atomic E-state index is 12.6. The van der Waals surface area contributed by atoms with Crippen molar-refractivity contribution in [1.82, 2.24) is 0 Å². The molecule has 0 bridgehead atoms. The number of carbonyl (C=O) groups excluding carboxylic acids is 3. The molecule has 10 nitrogen and oxygen atoms in total. The van der Waals surface area contributed by atoms with E-state index in [0.717, 1.165) is 0 Å². The van der Waals surface area contributed by atoms with Crippen LogP contribution in [0.5, 0.6) is 23.0 Å². The lowest BCUT2D eigenvalue weighted by Gasteiger charge is -2.28. The van der Waals surface area contributed by atoms with Gasteiger partial charge in [0.1, 0.15) is 16.9 Å². The highest BCUT2D eigenvalue weighted by molar-refractivity contribution is 6.09. The molecular weight excluding hydrogens is 460 g/mol. The third kappa shape index (κ3) is 4.18. The number of phenols is 1. The average Bonchev–Trinajstić information content (AvgIpc) is 2.80. The van der Waals surface area contributed by atoms with Crippen molar-refractivity contribution in [2.24, 2.45) is 0 Å². The Hall–Kier alpha value is -4.34. The summed E-state index contributed by atoms with van der Waals surface area (Å²) in [6.45, 7) is 2.46. The second-order valence-electron chi connectivity index (χ2n) is 7.98. The van der Waals surface area contributed by atoms with Crippen molar-refractivity contribution >= 4 is 28.7 Å². The maximum atomic E-state index is 12.6. The van der Waals surface area contributed by atoms with Crippen LogP contribution in [0.1, 0.15) is 46.3 Å². The summed E-state index contributed by atoms with van der Waals surface area (Å²) in [5.74, 6) is -2.56. The molecule has 10 heteroatoms. The summed E-state index contributed by atoms with van der Waals surface area (Å²) in [4.78, 5) is 48.9. The van der Waals surface area contributed by atoms with Gasteiger partial charge >= 0.3 is 17.6 Å². The highest BCUT2D eigenvalue weighted by Crippen LogP contribution is 2.50. The standard InChI is InChI=1S/C25H22O10/c1-11-7-17(27)34-24-20(11)23(30)21(12(2)26)25-22(24)14(9-18(28)35-25)13-5-6-15(31-3)16(8-13)33-10-19(29)32-4/h5-8,14,30H,9-10H2,1-4H3. The summed E-state index contributed by atoms with van der Waals surface area (Å²) in [6, 6.07) is 6.05. The molecule has 0 saturated heterocycles. The van der Waals surface area contributed by atoms with Gasteiger partial charge in [-0.1, -0.05) is 6.07 Å². The fraction of sp³-hybridized carbons (Fsp3) is 0.280. The number of Topliss-reactive ketones (excluding diaryl/α,β-unsaturated/α-hetero) is 1. The van der Waals surface area contributed by atoms with Crippen LogP contribution in [0.4, 0.5) is 0 Å². The van der Waals surface area contributed by atoms with Crippen LogP contribution in [0.3, 0.4) is 0 Å². The van der Waals surface area contributed by atoms with Crippen molar-refractivity contribution in [3.63, 3.8) is 0 Å². The minimum Gasteiger partial charge on any atom is -0.506 e. The molecule has 0 saturated carbocycles. The molecular formula is C25H22O10. The highest BCUT2D eigenvalue weighted by atomic mass is 16.6.